The summed E-state index contributed by atoms with van der Waals surface area (Å²) in [7, 11) is 0. The molecule has 1 unspecified atom stereocenters. The molecule has 2 aromatic rings. The Morgan fingerprint density at radius 3 is 2.81 bits per heavy atom. The van der Waals surface area contributed by atoms with Gasteiger partial charge >= 0.3 is 5.82 Å². The number of nitrogens with zero attached hydrogens (tertiary/aromatic N) is 3. The monoisotopic (exact) mass is 351 g/mol. The molecule has 1 heterocycles. The largest absolute Gasteiger partial charge is 0.389 e. The number of nitro groups is 1. The van der Waals surface area contributed by atoms with Crippen molar-refractivity contribution in [2.75, 3.05) is 0 Å². The van der Waals surface area contributed by atoms with Crippen LogP contribution in [0.1, 0.15) is 18.3 Å². The van der Waals surface area contributed by atoms with Crippen LogP contribution in [0.25, 0.3) is 12.2 Å². The van der Waals surface area contributed by atoms with Gasteiger partial charge < -0.3 is 15.2 Å². The van der Waals surface area contributed by atoms with E-state index in [1.54, 1.807) is 13.0 Å². The van der Waals surface area contributed by atoms with Crippen molar-refractivity contribution in [2.45, 2.75) is 19.6 Å². The number of rotatable bonds is 5. The lowest BCUT2D eigenvalue weighted by Crippen LogP contribution is -2.14. The Morgan fingerprint density at radius 1 is 1.48 bits per heavy atom. The second kappa shape index (κ2) is 6.64. The zero-order valence-electron chi connectivity index (χ0n) is 11.3. The molecule has 2 rings (SSSR count). The van der Waals surface area contributed by atoms with Gasteiger partial charge in [-0.1, -0.05) is 34.1 Å². The van der Waals surface area contributed by atoms with Crippen molar-refractivity contribution in [1.29, 1.82) is 0 Å². The van der Waals surface area contributed by atoms with Gasteiger partial charge in [0.15, 0.2) is 0 Å². The van der Waals surface area contributed by atoms with Crippen LogP contribution in [0.3, 0.4) is 0 Å². The van der Waals surface area contributed by atoms with Crippen LogP contribution in [0, 0.1) is 10.1 Å². The summed E-state index contributed by atoms with van der Waals surface area (Å²) >= 11 is 3.43. The van der Waals surface area contributed by atoms with E-state index in [4.69, 9.17) is 0 Å². The van der Waals surface area contributed by atoms with Gasteiger partial charge in [-0.25, -0.2) is 9.55 Å². The minimum Gasteiger partial charge on any atom is -0.389 e. The van der Waals surface area contributed by atoms with E-state index in [9.17, 15) is 15.2 Å². The number of aliphatic hydroxyl groups is 1. The molecule has 0 aliphatic rings. The average molecular weight is 352 g/mol. The van der Waals surface area contributed by atoms with Crippen molar-refractivity contribution in [3.05, 3.63) is 56.4 Å². The Kier molecular flexibility index (Phi) is 4.87. The standard InChI is InChI=1S/C14H14BrN3O3/c1-10(19)9-17-13(16-8-14(17)18(20)21)7-6-11-4-2-3-5-12(11)15/h2-8,10,19H,9H2,1H3/b7-6+. The van der Waals surface area contributed by atoms with E-state index in [1.807, 2.05) is 30.3 Å². The smallest absolute Gasteiger partial charge is 0.343 e. The number of hydrogen-bond donors (Lipinski definition) is 1. The van der Waals surface area contributed by atoms with E-state index in [2.05, 4.69) is 20.9 Å². The Labute approximate surface area is 130 Å². The summed E-state index contributed by atoms with van der Waals surface area (Å²) in [6, 6.07) is 7.62. The predicted octanol–water partition coefficient (Wildman–Crippen LogP) is 3.11. The molecule has 0 radical (unpaired) electrons. The van der Waals surface area contributed by atoms with Gasteiger partial charge in [0.1, 0.15) is 12.7 Å². The predicted molar refractivity (Wildman–Crippen MR) is 83.6 cm³/mol. The first-order valence-electron chi connectivity index (χ1n) is 6.29. The fourth-order valence-corrected chi connectivity index (χ4v) is 2.30. The third kappa shape index (κ3) is 3.77. The van der Waals surface area contributed by atoms with Gasteiger partial charge in [0.05, 0.1) is 6.10 Å². The molecule has 0 bridgehead atoms. The zero-order valence-corrected chi connectivity index (χ0v) is 12.9. The second-order valence-corrected chi connectivity index (χ2v) is 5.40. The molecule has 0 aliphatic carbocycles. The molecular formula is C14H14BrN3O3. The van der Waals surface area contributed by atoms with Crippen molar-refractivity contribution >= 4 is 33.9 Å². The number of aromatic nitrogens is 2. The Balaban J connectivity index is 2.36. The summed E-state index contributed by atoms with van der Waals surface area (Å²) in [5.41, 5.74) is 0.937. The number of imidazole rings is 1. The summed E-state index contributed by atoms with van der Waals surface area (Å²) in [5.74, 6) is 0.293. The number of aliphatic hydroxyl groups excluding tert-OH is 1. The Bertz CT molecular complexity index is 680. The van der Waals surface area contributed by atoms with Crippen molar-refractivity contribution in [3.63, 3.8) is 0 Å². The molecule has 1 aromatic heterocycles. The number of halogens is 1. The summed E-state index contributed by atoms with van der Waals surface area (Å²) in [6.07, 6.45) is 4.00. The summed E-state index contributed by atoms with van der Waals surface area (Å²) in [4.78, 5) is 14.5. The normalized spacial score (nSPS) is 12.7. The topological polar surface area (TPSA) is 81.2 Å². The van der Waals surface area contributed by atoms with Gasteiger partial charge in [0, 0.05) is 10.5 Å². The highest BCUT2D eigenvalue weighted by Gasteiger charge is 2.19. The second-order valence-electron chi connectivity index (χ2n) is 4.55. The van der Waals surface area contributed by atoms with Crippen LogP contribution in [0.15, 0.2) is 34.9 Å². The van der Waals surface area contributed by atoms with Crippen LogP contribution in [-0.2, 0) is 6.54 Å². The molecule has 0 amide bonds. The highest BCUT2D eigenvalue weighted by molar-refractivity contribution is 9.10. The maximum atomic E-state index is 11.0. The minimum absolute atomic E-state index is 0.117. The molecule has 1 aromatic carbocycles. The molecule has 110 valence electrons. The lowest BCUT2D eigenvalue weighted by molar-refractivity contribution is -0.392. The molecule has 6 nitrogen and oxygen atoms in total. The van der Waals surface area contributed by atoms with E-state index in [1.165, 1.54) is 10.8 Å². The molecule has 0 spiro atoms. The fourth-order valence-electron chi connectivity index (χ4n) is 1.89. The molecule has 1 atom stereocenters. The molecule has 7 heteroatoms. The first-order chi connectivity index (χ1) is 9.99. The van der Waals surface area contributed by atoms with E-state index in [0.717, 1.165) is 10.0 Å². The molecule has 1 N–H and O–H groups in total. The maximum Gasteiger partial charge on any atom is 0.343 e. The number of hydrogen-bond acceptors (Lipinski definition) is 4. The van der Waals surface area contributed by atoms with Gasteiger partial charge in [-0.3, -0.25) is 0 Å². The number of benzene rings is 1. The van der Waals surface area contributed by atoms with Gasteiger partial charge in [-0.05, 0) is 29.6 Å². The summed E-state index contributed by atoms with van der Waals surface area (Å²) < 4.78 is 2.31. The lowest BCUT2D eigenvalue weighted by atomic mass is 10.2. The maximum absolute atomic E-state index is 11.0. The average Bonchev–Trinajstić information content (AvgIpc) is 2.80. The van der Waals surface area contributed by atoms with E-state index >= 15 is 0 Å². The summed E-state index contributed by atoms with van der Waals surface area (Å²) in [5, 5.41) is 20.5. The Morgan fingerprint density at radius 2 is 2.19 bits per heavy atom. The van der Waals surface area contributed by atoms with Gasteiger partial charge in [-0.15, -0.1) is 0 Å². The highest BCUT2D eigenvalue weighted by atomic mass is 79.9. The van der Waals surface area contributed by atoms with Gasteiger partial charge in [0.25, 0.3) is 0 Å². The van der Waals surface area contributed by atoms with Crippen molar-refractivity contribution in [1.82, 2.24) is 9.55 Å². The van der Waals surface area contributed by atoms with Crippen molar-refractivity contribution < 1.29 is 10.0 Å². The molecular weight excluding hydrogens is 338 g/mol. The van der Waals surface area contributed by atoms with Crippen LogP contribution >= 0.6 is 15.9 Å². The zero-order chi connectivity index (χ0) is 15.4. The van der Waals surface area contributed by atoms with Crippen molar-refractivity contribution in [3.8, 4) is 0 Å². The quantitative estimate of drug-likeness (QED) is 0.662. The van der Waals surface area contributed by atoms with Gasteiger partial charge in [-0.2, -0.15) is 0 Å². The first kappa shape index (κ1) is 15.4. The molecule has 0 saturated heterocycles. The van der Waals surface area contributed by atoms with Crippen LogP contribution in [0.5, 0.6) is 0 Å². The third-order valence-electron chi connectivity index (χ3n) is 2.82. The van der Waals surface area contributed by atoms with E-state index < -0.39 is 11.0 Å². The van der Waals surface area contributed by atoms with Crippen molar-refractivity contribution in [2.24, 2.45) is 0 Å². The van der Waals surface area contributed by atoms with Gasteiger partial charge in [0.2, 0.25) is 5.82 Å². The molecule has 0 saturated carbocycles. The van der Waals surface area contributed by atoms with E-state index in [0.29, 0.717) is 5.82 Å². The Hall–Kier alpha value is -1.99. The minimum atomic E-state index is -0.700. The van der Waals surface area contributed by atoms with E-state index in [-0.39, 0.29) is 12.4 Å². The lowest BCUT2D eigenvalue weighted by Gasteiger charge is -2.05. The van der Waals surface area contributed by atoms with Crippen LogP contribution < -0.4 is 0 Å². The molecule has 0 fully saturated rings. The SMILES string of the molecule is CC(O)Cn1c([N+](=O)[O-])cnc1/C=C/c1ccccc1Br. The summed E-state index contributed by atoms with van der Waals surface area (Å²) in [6.45, 7) is 1.69. The van der Waals surface area contributed by atoms with Crippen LogP contribution in [-0.4, -0.2) is 25.7 Å². The third-order valence-corrected chi connectivity index (χ3v) is 3.54. The highest BCUT2D eigenvalue weighted by Crippen LogP contribution is 2.20. The molecule has 21 heavy (non-hydrogen) atoms. The first-order valence-corrected chi connectivity index (χ1v) is 7.09. The van der Waals surface area contributed by atoms with Crippen LogP contribution in [0.4, 0.5) is 5.82 Å². The van der Waals surface area contributed by atoms with Crippen LogP contribution in [0.2, 0.25) is 0 Å². The molecule has 0 aliphatic heterocycles. The fraction of sp³-hybridized carbons (Fsp3) is 0.214.